The van der Waals surface area contributed by atoms with Crippen LogP contribution in [0, 0.1) is 5.82 Å². The van der Waals surface area contributed by atoms with Gasteiger partial charge in [-0.05, 0) is 60.2 Å². The number of rotatable bonds is 6. The van der Waals surface area contributed by atoms with Crippen LogP contribution < -0.4 is 16.8 Å². The summed E-state index contributed by atoms with van der Waals surface area (Å²) in [5, 5.41) is 2.82. The molecule has 0 fully saturated rings. The maximum absolute atomic E-state index is 13.5. The molecule has 10 nitrogen and oxygen atoms in total. The first-order valence-electron chi connectivity index (χ1n) is 12.3. The molecule has 0 aliphatic heterocycles. The Balaban J connectivity index is 1.38. The summed E-state index contributed by atoms with van der Waals surface area (Å²) in [7, 11) is 0. The van der Waals surface area contributed by atoms with E-state index in [-0.39, 0.29) is 24.0 Å². The van der Waals surface area contributed by atoms with Gasteiger partial charge >= 0.3 is 0 Å². The first-order valence-corrected chi connectivity index (χ1v) is 12.3. The average Bonchev–Trinajstić information content (AvgIpc) is 3.35. The first kappa shape index (κ1) is 24.6. The van der Waals surface area contributed by atoms with Crippen LogP contribution >= 0.6 is 0 Å². The van der Waals surface area contributed by atoms with Gasteiger partial charge in [-0.1, -0.05) is 18.2 Å². The summed E-state index contributed by atoms with van der Waals surface area (Å²) in [5.74, 6) is 0.266. The lowest BCUT2D eigenvalue weighted by atomic mass is 10.1. The van der Waals surface area contributed by atoms with Gasteiger partial charge in [0.05, 0.1) is 11.3 Å². The molecule has 0 unspecified atom stereocenters. The van der Waals surface area contributed by atoms with Gasteiger partial charge in [0.25, 0.3) is 5.91 Å². The number of nitrogens with zero attached hydrogens (tertiary/aromatic N) is 6. The Morgan fingerprint density at radius 3 is 2.45 bits per heavy atom. The van der Waals surface area contributed by atoms with Crippen LogP contribution in [0.1, 0.15) is 15.9 Å². The van der Waals surface area contributed by atoms with E-state index in [0.717, 1.165) is 11.3 Å². The van der Waals surface area contributed by atoms with Crippen molar-refractivity contribution in [2.24, 2.45) is 0 Å². The number of hydrogen-bond acceptors (Lipinski definition) is 8. The number of carbonyl (C=O) groups excluding carboxylic acids is 1. The highest BCUT2D eigenvalue weighted by Gasteiger charge is 2.19. The van der Waals surface area contributed by atoms with Crippen molar-refractivity contribution in [2.75, 3.05) is 11.5 Å². The lowest BCUT2D eigenvalue weighted by Gasteiger charge is -2.12. The van der Waals surface area contributed by atoms with Gasteiger partial charge in [-0.15, -0.1) is 0 Å². The Kier molecular flexibility index (Phi) is 6.29. The van der Waals surface area contributed by atoms with E-state index in [4.69, 9.17) is 21.4 Å². The lowest BCUT2D eigenvalue weighted by molar-refractivity contribution is 0.0950. The van der Waals surface area contributed by atoms with E-state index in [1.807, 2.05) is 47.0 Å². The molecule has 0 saturated heterocycles. The fraction of sp³-hybridized carbons (Fsp3) is 0.0345. The highest BCUT2D eigenvalue weighted by atomic mass is 19.1. The second-order valence-corrected chi connectivity index (χ2v) is 8.94. The third-order valence-electron chi connectivity index (χ3n) is 6.29. The molecule has 0 aliphatic carbocycles. The number of nitrogens with one attached hydrogen (secondary N) is 1. The molecular formula is C29H22FN9O. The molecule has 11 heteroatoms. The van der Waals surface area contributed by atoms with Crippen LogP contribution in [0.3, 0.4) is 0 Å². The van der Waals surface area contributed by atoms with E-state index in [9.17, 15) is 9.18 Å². The van der Waals surface area contributed by atoms with Crippen LogP contribution in [-0.2, 0) is 6.54 Å². The molecule has 0 aliphatic rings. The maximum Gasteiger partial charge on any atom is 0.251 e. The van der Waals surface area contributed by atoms with E-state index in [1.165, 1.54) is 18.2 Å². The minimum atomic E-state index is -0.463. The van der Waals surface area contributed by atoms with Crippen molar-refractivity contribution in [3.8, 4) is 28.3 Å². The minimum absolute atomic E-state index is 0.177. The van der Waals surface area contributed by atoms with E-state index < -0.39 is 5.82 Å². The Morgan fingerprint density at radius 1 is 0.900 bits per heavy atom. The standard InChI is InChI=1S/C29H22FN9O/c30-20-4-1-3-18(13-20)28(40)34-14-17-6-8-21(9-7-17)39-26(22-5-2-12-33-25(22)31)38-24-11-10-23(37-27(24)39)19-15-35-29(32)36-16-19/h1-13,15-16H,14H2,(H2,31,33)(H,34,40)(H2,32,35,36). The van der Waals surface area contributed by atoms with Crippen molar-refractivity contribution >= 4 is 28.8 Å². The van der Waals surface area contributed by atoms with Crippen molar-refractivity contribution in [1.29, 1.82) is 0 Å². The highest BCUT2D eigenvalue weighted by Crippen LogP contribution is 2.31. The zero-order valence-corrected chi connectivity index (χ0v) is 21.0. The van der Waals surface area contributed by atoms with Crippen LogP contribution in [0.5, 0.6) is 0 Å². The molecule has 6 aromatic rings. The number of halogens is 1. The predicted octanol–water partition coefficient (Wildman–Crippen LogP) is 4.17. The largest absolute Gasteiger partial charge is 0.383 e. The molecule has 4 aromatic heterocycles. The molecule has 0 spiro atoms. The van der Waals surface area contributed by atoms with Crippen LogP contribution in [-0.4, -0.2) is 35.4 Å². The first-order chi connectivity index (χ1) is 19.5. The quantitative estimate of drug-likeness (QED) is 0.290. The molecular weight excluding hydrogens is 509 g/mol. The zero-order valence-electron chi connectivity index (χ0n) is 21.0. The van der Waals surface area contributed by atoms with Crippen molar-refractivity contribution in [3.05, 3.63) is 108 Å². The normalized spacial score (nSPS) is 11.0. The molecule has 6 rings (SSSR count). The molecule has 0 bridgehead atoms. The number of amides is 1. The molecule has 40 heavy (non-hydrogen) atoms. The Labute approximate surface area is 227 Å². The zero-order chi connectivity index (χ0) is 27.6. The van der Waals surface area contributed by atoms with Crippen LogP contribution in [0.2, 0.25) is 0 Å². The summed E-state index contributed by atoms with van der Waals surface area (Å²) in [6.45, 7) is 0.266. The van der Waals surface area contributed by atoms with Crippen LogP contribution in [0.4, 0.5) is 16.2 Å². The predicted molar refractivity (Wildman–Crippen MR) is 150 cm³/mol. The Bertz CT molecular complexity index is 1850. The van der Waals surface area contributed by atoms with E-state index in [0.29, 0.717) is 39.6 Å². The molecule has 5 N–H and O–H groups in total. The van der Waals surface area contributed by atoms with Gasteiger partial charge in [0.15, 0.2) is 11.5 Å². The molecule has 1 amide bonds. The van der Waals surface area contributed by atoms with Gasteiger partial charge < -0.3 is 16.8 Å². The van der Waals surface area contributed by atoms with Gasteiger partial charge in [-0.3, -0.25) is 9.36 Å². The minimum Gasteiger partial charge on any atom is -0.383 e. The summed E-state index contributed by atoms with van der Waals surface area (Å²) < 4.78 is 15.4. The lowest BCUT2D eigenvalue weighted by Crippen LogP contribution is -2.22. The van der Waals surface area contributed by atoms with Gasteiger partial charge in [-0.25, -0.2) is 29.3 Å². The molecule has 4 heterocycles. The van der Waals surface area contributed by atoms with Gasteiger partial charge in [-0.2, -0.15) is 0 Å². The number of benzene rings is 2. The average molecular weight is 532 g/mol. The molecule has 0 atom stereocenters. The fourth-order valence-electron chi connectivity index (χ4n) is 4.30. The van der Waals surface area contributed by atoms with Crippen molar-refractivity contribution in [2.45, 2.75) is 6.54 Å². The second-order valence-electron chi connectivity index (χ2n) is 8.94. The number of anilines is 2. The number of nitrogen functional groups attached to an aromatic ring is 2. The second kappa shape index (κ2) is 10.2. The van der Waals surface area contributed by atoms with Crippen molar-refractivity contribution in [3.63, 3.8) is 0 Å². The maximum atomic E-state index is 13.5. The van der Waals surface area contributed by atoms with Crippen LogP contribution in [0.15, 0.2) is 91.4 Å². The van der Waals surface area contributed by atoms with Crippen LogP contribution in [0.25, 0.3) is 39.5 Å². The summed E-state index contributed by atoms with van der Waals surface area (Å²) in [4.78, 5) is 34.5. The third-order valence-corrected chi connectivity index (χ3v) is 6.29. The monoisotopic (exact) mass is 531 g/mol. The fourth-order valence-corrected chi connectivity index (χ4v) is 4.30. The number of aromatic nitrogens is 6. The summed E-state index contributed by atoms with van der Waals surface area (Å²) >= 11 is 0. The van der Waals surface area contributed by atoms with E-state index in [1.54, 1.807) is 30.7 Å². The molecule has 196 valence electrons. The number of carbonyl (C=O) groups is 1. The molecule has 0 saturated carbocycles. The molecule has 2 aromatic carbocycles. The Morgan fingerprint density at radius 2 is 1.70 bits per heavy atom. The van der Waals surface area contributed by atoms with Crippen molar-refractivity contribution in [1.82, 2.24) is 34.8 Å². The summed E-state index contributed by atoms with van der Waals surface area (Å²) in [6.07, 6.45) is 4.85. The van der Waals surface area contributed by atoms with Gasteiger partial charge in [0, 0.05) is 41.9 Å². The topological polar surface area (TPSA) is 151 Å². The Hall–Kier alpha value is -5.71. The van der Waals surface area contributed by atoms with Crippen molar-refractivity contribution < 1.29 is 9.18 Å². The SMILES string of the molecule is Nc1ncc(-c2ccc3nc(-c4cccnc4N)n(-c4ccc(CNC(=O)c5cccc(F)c5)cc4)c3n2)cn1. The van der Waals surface area contributed by atoms with Gasteiger partial charge in [0.2, 0.25) is 5.95 Å². The number of fused-ring (bicyclic) bond motifs is 1. The summed E-state index contributed by atoms with van der Waals surface area (Å²) in [5.41, 5.74) is 17.0. The third kappa shape index (κ3) is 4.78. The smallest absolute Gasteiger partial charge is 0.251 e. The number of pyridine rings is 2. The molecule has 0 radical (unpaired) electrons. The van der Waals surface area contributed by atoms with E-state index in [2.05, 4.69) is 20.3 Å². The number of imidazole rings is 1. The number of hydrogen-bond donors (Lipinski definition) is 3. The van der Waals surface area contributed by atoms with E-state index >= 15 is 0 Å². The van der Waals surface area contributed by atoms with Gasteiger partial charge in [0.1, 0.15) is 17.2 Å². The number of nitrogens with two attached hydrogens (primary N) is 2. The highest BCUT2D eigenvalue weighted by molar-refractivity contribution is 5.94. The summed E-state index contributed by atoms with van der Waals surface area (Å²) in [6, 6.07) is 20.5.